The van der Waals surface area contributed by atoms with E-state index in [1.807, 2.05) is 18.2 Å². The van der Waals surface area contributed by atoms with Crippen molar-refractivity contribution in [1.29, 1.82) is 0 Å². The second kappa shape index (κ2) is 10.2. The number of piperazine rings is 1. The number of rotatable bonds is 8. The first-order valence-corrected chi connectivity index (χ1v) is 10.3. The number of para-hydroxylation sites is 2. The third-order valence-corrected chi connectivity index (χ3v) is 5.63. The molecule has 2 aromatic rings. The van der Waals surface area contributed by atoms with Crippen molar-refractivity contribution in [3.8, 4) is 5.75 Å². The van der Waals surface area contributed by atoms with Crippen molar-refractivity contribution in [3.05, 3.63) is 50.7 Å². The van der Waals surface area contributed by atoms with Crippen LogP contribution in [0.5, 0.6) is 5.75 Å². The Kier molecular flexibility index (Phi) is 7.35. The van der Waals surface area contributed by atoms with E-state index in [0.29, 0.717) is 12.4 Å². The Labute approximate surface area is 181 Å². The van der Waals surface area contributed by atoms with E-state index in [-0.39, 0.29) is 5.56 Å². The summed E-state index contributed by atoms with van der Waals surface area (Å²) < 4.78 is 7.81. The molecule has 0 amide bonds. The van der Waals surface area contributed by atoms with E-state index >= 15 is 0 Å². The normalized spacial score (nSPS) is 14.9. The fourth-order valence-corrected chi connectivity index (χ4v) is 3.87. The average Bonchev–Trinajstić information content (AvgIpc) is 2.80. The number of methoxy groups -OCH3 is 1. The Morgan fingerprint density at radius 1 is 1.13 bits per heavy atom. The second-order valence-electron chi connectivity index (χ2n) is 7.49. The second-order valence-corrected chi connectivity index (χ2v) is 7.49. The molecule has 1 fully saturated rings. The molecule has 2 N–H and O–H groups in total. The monoisotopic (exact) mass is 430 g/mol. The van der Waals surface area contributed by atoms with Gasteiger partial charge in [-0.2, -0.15) is 0 Å². The molecule has 31 heavy (non-hydrogen) atoms. The van der Waals surface area contributed by atoms with Crippen LogP contribution in [0.25, 0.3) is 0 Å². The van der Waals surface area contributed by atoms with Crippen LogP contribution in [0.4, 0.5) is 11.5 Å². The van der Waals surface area contributed by atoms with Crippen LogP contribution in [0.2, 0.25) is 0 Å². The van der Waals surface area contributed by atoms with Crippen LogP contribution in [0.3, 0.4) is 0 Å². The average molecular weight is 431 g/mol. The Bertz CT molecular complexity index is 1040. The van der Waals surface area contributed by atoms with Crippen molar-refractivity contribution in [1.82, 2.24) is 14.0 Å². The minimum absolute atomic E-state index is 0.150. The van der Waals surface area contributed by atoms with Gasteiger partial charge in [-0.05, 0) is 25.1 Å². The highest BCUT2D eigenvalue weighted by atomic mass is 16.5. The molecule has 0 atom stereocenters. The molecule has 1 aliphatic heterocycles. The molecule has 1 aromatic carbocycles. The lowest BCUT2D eigenvalue weighted by molar-refractivity contribution is 0.256. The van der Waals surface area contributed by atoms with Gasteiger partial charge in [-0.1, -0.05) is 17.3 Å². The van der Waals surface area contributed by atoms with Gasteiger partial charge in [-0.25, -0.2) is 4.79 Å². The molecule has 0 spiro atoms. The lowest BCUT2D eigenvalue weighted by atomic mass is 10.2. The molecule has 0 unspecified atom stereocenters. The molecule has 1 aromatic heterocycles. The smallest absolute Gasteiger partial charge is 0.332 e. The largest absolute Gasteiger partial charge is 0.495 e. The van der Waals surface area contributed by atoms with Crippen LogP contribution in [0, 0.1) is 0 Å². The highest BCUT2D eigenvalue weighted by Gasteiger charge is 2.19. The molecule has 168 valence electrons. The molecule has 0 radical (unpaired) electrons. The number of ether oxygens (including phenoxy) is 1. The van der Waals surface area contributed by atoms with Crippen molar-refractivity contribution in [2.75, 3.05) is 56.6 Å². The Balaban J connectivity index is 1.54. The molecule has 0 bridgehead atoms. The van der Waals surface area contributed by atoms with Gasteiger partial charge in [0.25, 0.3) is 5.56 Å². The molecular weight excluding hydrogens is 400 g/mol. The number of aromatic nitrogens is 2. The van der Waals surface area contributed by atoms with Crippen LogP contribution in [-0.2, 0) is 14.1 Å². The summed E-state index contributed by atoms with van der Waals surface area (Å²) in [6, 6.07) is 8.06. The van der Waals surface area contributed by atoms with E-state index in [1.165, 1.54) is 11.6 Å². The number of benzene rings is 1. The molecule has 1 aliphatic rings. The van der Waals surface area contributed by atoms with E-state index in [1.54, 1.807) is 14.2 Å². The summed E-state index contributed by atoms with van der Waals surface area (Å²) >= 11 is 0. The van der Waals surface area contributed by atoms with Crippen molar-refractivity contribution < 1.29 is 9.94 Å². The molecule has 3 rings (SSSR count). The summed E-state index contributed by atoms with van der Waals surface area (Å²) in [6.45, 7) is 5.23. The van der Waals surface area contributed by atoms with Crippen molar-refractivity contribution in [2.24, 2.45) is 19.3 Å². The van der Waals surface area contributed by atoms with Crippen LogP contribution < -0.4 is 26.2 Å². The molecule has 1 saturated heterocycles. The van der Waals surface area contributed by atoms with E-state index in [0.717, 1.165) is 61.4 Å². The first-order valence-electron chi connectivity index (χ1n) is 10.3. The lowest BCUT2D eigenvalue weighted by Gasteiger charge is -2.36. The van der Waals surface area contributed by atoms with Crippen LogP contribution in [-0.4, -0.2) is 71.8 Å². The number of hydrogen-bond acceptors (Lipinski definition) is 8. The Morgan fingerprint density at radius 3 is 2.52 bits per heavy atom. The zero-order chi connectivity index (χ0) is 22.4. The predicted octanol–water partition coefficient (Wildman–Crippen LogP) is 0.525. The summed E-state index contributed by atoms with van der Waals surface area (Å²) in [4.78, 5) is 29.2. The third-order valence-electron chi connectivity index (χ3n) is 5.63. The minimum atomic E-state index is -0.504. The maximum atomic E-state index is 12.3. The fraction of sp³-hybridized carbons (Fsp3) is 0.476. The first-order chi connectivity index (χ1) is 15.0. The summed E-state index contributed by atoms with van der Waals surface area (Å²) in [5.74, 6) is 1.24. The summed E-state index contributed by atoms with van der Waals surface area (Å²) in [5.41, 5.74) is 0.333. The SMILES string of the molecule is COc1ccccc1N1CCN(CCCNc2c(/C=N\O)c(=O)n(C)c(=O)n2C)CC1. The molecule has 0 aliphatic carbocycles. The molecule has 2 heterocycles. The van der Waals surface area contributed by atoms with Gasteiger partial charge in [0, 0.05) is 46.8 Å². The standard InChI is InChI=1S/C21H30N6O4/c1-24-19(16(15-23-30)20(28)25(2)21(24)29)22-9-6-10-26-11-13-27(14-12-26)17-7-4-5-8-18(17)31-3/h4-5,7-8,15,22,30H,6,9-14H2,1-3H3/b23-15-. The Morgan fingerprint density at radius 2 is 1.84 bits per heavy atom. The summed E-state index contributed by atoms with van der Waals surface area (Å²) in [5, 5.41) is 15.0. The summed E-state index contributed by atoms with van der Waals surface area (Å²) in [7, 11) is 4.67. The third kappa shape index (κ3) is 4.91. The van der Waals surface area contributed by atoms with Gasteiger partial charge in [-0.3, -0.25) is 18.8 Å². The van der Waals surface area contributed by atoms with Crippen LogP contribution in [0.1, 0.15) is 12.0 Å². The first kappa shape index (κ1) is 22.4. The Hall–Kier alpha value is -3.27. The van der Waals surface area contributed by atoms with E-state index in [4.69, 9.17) is 9.94 Å². The number of nitrogens with zero attached hydrogens (tertiary/aromatic N) is 5. The maximum absolute atomic E-state index is 12.3. The van der Waals surface area contributed by atoms with E-state index in [2.05, 4.69) is 26.3 Å². The molecule has 10 heteroatoms. The highest BCUT2D eigenvalue weighted by molar-refractivity contribution is 5.85. The van der Waals surface area contributed by atoms with Crippen molar-refractivity contribution in [2.45, 2.75) is 6.42 Å². The van der Waals surface area contributed by atoms with Gasteiger partial charge in [0.15, 0.2) is 0 Å². The van der Waals surface area contributed by atoms with Gasteiger partial charge in [0.05, 0.1) is 19.0 Å². The fourth-order valence-electron chi connectivity index (χ4n) is 3.87. The van der Waals surface area contributed by atoms with Gasteiger partial charge in [0.1, 0.15) is 17.1 Å². The number of nitrogens with one attached hydrogen (secondary N) is 1. The van der Waals surface area contributed by atoms with Gasteiger partial charge in [0.2, 0.25) is 0 Å². The van der Waals surface area contributed by atoms with Crippen LogP contribution >= 0.6 is 0 Å². The minimum Gasteiger partial charge on any atom is -0.495 e. The molecule has 0 saturated carbocycles. The van der Waals surface area contributed by atoms with Gasteiger partial charge in [-0.15, -0.1) is 0 Å². The predicted molar refractivity (Wildman–Crippen MR) is 121 cm³/mol. The zero-order valence-corrected chi connectivity index (χ0v) is 18.2. The van der Waals surface area contributed by atoms with Gasteiger partial charge < -0.3 is 20.2 Å². The molecular formula is C21H30N6O4. The lowest BCUT2D eigenvalue weighted by Crippen LogP contribution is -2.47. The maximum Gasteiger partial charge on any atom is 0.332 e. The number of anilines is 2. The van der Waals surface area contributed by atoms with E-state index < -0.39 is 11.2 Å². The highest BCUT2D eigenvalue weighted by Crippen LogP contribution is 2.28. The number of hydrogen-bond donors (Lipinski definition) is 2. The zero-order valence-electron chi connectivity index (χ0n) is 18.2. The topological polar surface area (TPSA) is 104 Å². The van der Waals surface area contributed by atoms with Crippen molar-refractivity contribution in [3.63, 3.8) is 0 Å². The van der Waals surface area contributed by atoms with E-state index in [9.17, 15) is 9.59 Å². The van der Waals surface area contributed by atoms with Gasteiger partial charge >= 0.3 is 5.69 Å². The summed E-state index contributed by atoms with van der Waals surface area (Å²) in [6.07, 6.45) is 1.90. The quantitative estimate of drug-likeness (QED) is 0.272. The van der Waals surface area contributed by atoms with Crippen molar-refractivity contribution >= 4 is 17.7 Å². The van der Waals surface area contributed by atoms with Crippen LogP contribution in [0.15, 0.2) is 39.0 Å². The number of oxime groups is 1. The molecule has 10 nitrogen and oxygen atoms in total.